The van der Waals surface area contributed by atoms with Crippen LogP contribution in [0, 0.1) is 0 Å². The van der Waals surface area contributed by atoms with Gasteiger partial charge in [-0.15, -0.1) is 11.6 Å². The van der Waals surface area contributed by atoms with Crippen LogP contribution < -0.4 is 14.8 Å². The first-order valence-corrected chi connectivity index (χ1v) is 6.50. The summed E-state index contributed by atoms with van der Waals surface area (Å²) in [7, 11) is 3.23. The van der Waals surface area contributed by atoms with Gasteiger partial charge in [-0.1, -0.05) is 6.92 Å². The molecule has 1 aromatic rings. The third-order valence-electron chi connectivity index (χ3n) is 3.12. The zero-order chi connectivity index (χ0) is 13.6. The molecule has 0 aromatic carbocycles. The molecule has 0 fully saturated rings. The van der Waals surface area contributed by atoms with Crippen molar-refractivity contribution in [1.29, 1.82) is 0 Å². The van der Waals surface area contributed by atoms with Crippen molar-refractivity contribution in [3.05, 3.63) is 18.0 Å². The summed E-state index contributed by atoms with van der Waals surface area (Å²) in [4.78, 5) is 4.32. The van der Waals surface area contributed by atoms with Crippen LogP contribution in [0.2, 0.25) is 0 Å². The van der Waals surface area contributed by atoms with Crippen LogP contribution in [0.25, 0.3) is 0 Å². The van der Waals surface area contributed by atoms with Crippen molar-refractivity contribution in [3.63, 3.8) is 0 Å². The van der Waals surface area contributed by atoms with E-state index in [0.717, 1.165) is 12.1 Å². The minimum atomic E-state index is -0.0999. The number of hydrogen-bond donors (Lipinski definition) is 1. The maximum Gasteiger partial charge on any atom is 0.183 e. The van der Waals surface area contributed by atoms with E-state index in [9.17, 15) is 0 Å². The third kappa shape index (κ3) is 3.50. The molecule has 0 radical (unpaired) electrons. The zero-order valence-electron chi connectivity index (χ0n) is 11.4. The maximum atomic E-state index is 5.97. The molecule has 1 heterocycles. The highest BCUT2D eigenvalue weighted by atomic mass is 35.5. The largest absolute Gasteiger partial charge is 0.493 e. The van der Waals surface area contributed by atoms with Gasteiger partial charge in [-0.2, -0.15) is 0 Å². The number of rotatable bonds is 7. The van der Waals surface area contributed by atoms with Gasteiger partial charge >= 0.3 is 0 Å². The highest BCUT2D eigenvalue weighted by molar-refractivity contribution is 6.18. The van der Waals surface area contributed by atoms with Crippen molar-refractivity contribution in [2.45, 2.75) is 32.4 Å². The minimum Gasteiger partial charge on any atom is -0.493 e. The van der Waals surface area contributed by atoms with Gasteiger partial charge < -0.3 is 14.8 Å². The molecule has 102 valence electrons. The second-order valence-electron chi connectivity index (χ2n) is 4.39. The molecule has 0 spiro atoms. The molecule has 5 heteroatoms. The molecule has 18 heavy (non-hydrogen) atoms. The van der Waals surface area contributed by atoms with Gasteiger partial charge in [-0.3, -0.25) is 4.98 Å². The average molecular weight is 273 g/mol. The number of halogens is 1. The van der Waals surface area contributed by atoms with E-state index in [1.165, 1.54) is 0 Å². The molecular formula is C13H21ClN2O2. The summed E-state index contributed by atoms with van der Waals surface area (Å²) >= 11 is 5.97. The van der Waals surface area contributed by atoms with Crippen LogP contribution in [0.5, 0.6) is 11.5 Å². The van der Waals surface area contributed by atoms with E-state index in [1.54, 1.807) is 26.5 Å². The quantitative estimate of drug-likeness (QED) is 0.775. The maximum absolute atomic E-state index is 5.97. The fourth-order valence-corrected chi connectivity index (χ4v) is 1.82. The fourth-order valence-electron chi connectivity index (χ4n) is 1.54. The van der Waals surface area contributed by atoms with E-state index in [4.69, 9.17) is 21.1 Å². The van der Waals surface area contributed by atoms with E-state index < -0.39 is 0 Å². The minimum absolute atomic E-state index is 0.0999. The Morgan fingerprint density at radius 1 is 1.39 bits per heavy atom. The van der Waals surface area contributed by atoms with Gasteiger partial charge in [0.2, 0.25) is 0 Å². The molecule has 0 saturated heterocycles. The third-order valence-corrected chi connectivity index (χ3v) is 3.71. The monoisotopic (exact) mass is 272 g/mol. The van der Waals surface area contributed by atoms with Crippen molar-refractivity contribution in [2.75, 3.05) is 20.1 Å². The summed E-state index contributed by atoms with van der Waals surface area (Å²) in [5.41, 5.74) is 0.721. The number of aromatic nitrogens is 1. The van der Waals surface area contributed by atoms with Crippen molar-refractivity contribution in [2.24, 2.45) is 0 Å². The van der Waals surface area contributed by atoms with Crippen LogP contribution in [0.4, 0.5) is 0 Å². The molecule has 0 aliphatic carbocycles. The Labute approximate surface area is 114 Å². The summed E-state index contributed by atoms with van der Waals surface area (Å²) in [5.74, 6) is 1.91. The smallest absolute Gasteiger partial charge is 0.183 e. The molecule has 1 rings (SSSR count). The zero-order valence-corrected chi connectivity index (χ0v) is 12.2. The van der Waals surface area contributed by atoms with E-state index in [0.29, 0.717) is 23.9 Å². The van der Waals surface area contributed by atoms with Gasteiger partial charge in [-0.25, -0.2) is 0 Å². The molecular weight excluding hydrogens is 252 g/mol. The van der Waals surface area contributed by atoms with Crippen LogP contribution >= 0.6 is 11.6 Å². The number of alkyl halides is 1. The first-order chi connectivity index (χ1) is 8.60. The molecule has 0 bridgehead atoms. The normalized spacial score (nSPS) is 14.1. The Kier molecular flexibility index (Phi) is 5.69. The Hall–Kier alpha value is -1.00. The van der Waals surface area contributed by atoms with Gasteiger partial charge in [-0.05, 0) is 13.3 Å². The van der Waals surface area contributed by atoms with Gasteiger partial charge in [0.15, 0.2) is 11.5 Å². The van der Waals surface area contributed by atoms with Gasteiger partial charge in [0, 0.05) is 30.2 Å². The van der Waals surface area contributed by atoms with Gasteiger partial charge in [0.1, 0.15) is 0 Å². The van der Waals surface area contributed by atoms with Crippen molar-refractivity contribution < 1.29 is 9.47 Å². The Morgan fingerprint density at radius 3 is 2.61 bits per heavy atom. The Bertz CT molecular complexity index is 381. The molecule has 1 unspecified atom stereocenters. The molecule has 1 aromatic heterocycles. The lowest BCUT2D eigenvalue weighted by Gasteiger charge is -2.27. The topological polar surface area (TPSA) is 43.4 Å². The number of ether oxygens (including phenoxy) is 2. The molecule has 1 atom stereocenters. The summed E-state index contributed by atoms with van der Waals surface area (Å²) in [6.07, 6.45) is 2.66. The number of methoxy groups -OCH3 is 2. The number of hydrogen-bond acceptors (Lipinski definition) is 4. The molecule has 0 amide bonds. The molecule has 0 aliphatic rings. The second kappa shape index (κ2) is 6.81. The van der Waals surface area contributed by atoms with Crippen molar-refractivity contribution >= 4 is 11.6 Å². The molecule has 1 N–H and O–H groups in total. The Balaban J connectivity index is 2.84. The SMILES string of the molecule is CCC(C)(CCl)NCc1nccc(OC)c1OC. The predicted molar refractivity (Wildman–Crippen MR) is 73.6 cm³/mol. The Morgan fingerprint density at radius 2 is 2.11 bits per heavy atom. The molecule has 0 saturated carbocycles. The van der Waals surface area contributed by atoms with Crippen molar-refractivity contribution in [3.8, 4) is 11.5 Å². The summed E-state index contributed by atoms with van der Waals surface area (Å²) < 4.78 is 10.6. The number of nitrogens with one attached hydrogen (secondary N) is 1. The van der Waals surface area contributed by atoms with Crippen LogP contribution in [0.1, 0.15) is 26.0 Å². The van der Waals surface area contributed by atoms with E-state index in [2.05, 4.69) is 24.1 Å². The summed E-state index contributed by atoms with van der Waals surface area (Å²) in [5, 5.41) is 3.41. The average Bonchev–Trinajstić information content (AvgIpc) is 2.44. The van der Waals surface area contributed by atoms with Crippen LogP contribution in [0.3, 0.4) is 0 Å². The highest BCUT2D eigenvalue weighted by Crippen LogP contribution is 2.29. The summed E-state index contributed by atoms with van der Waals surface area (Å²) in [6, 6.07) is 1.78. The second-order valence-corrected chi connectivity index (χ2v) is 4.66. The first-order valence-electron chi connectivity index (χ1n) is 5.97. The van der Waals surface area contributed by atoms with Crippen molar-refractivity contribution in [1.82, 2.24) is 10.3 Å². The first kappa shape index (κ1) is 15.1. The number of nitrogens with zero attached hydrogens (tertiary/aromatic N) is 1. The van der Waals surface area contributed by atoms with Gasteiger partial charge in [0.05, 0.1) is 19.9 Å². The van der Waals surface area contributed by atoms with Crippen LogP contribution in [-0.4, -0.2) is 30.6 Å². The molecule has 0 aliphatic heterocycles. The molecule has 4 nitrogen and oxygen atoms in total. The van der Waals surface area contributed by atoms with Crippen LogP contribution in [0.15, 0.2) is 12.3 Å². The van der Waals surface area contributed by atoms with E-state index in [-0.39, 0.29) is 5.54 Å². The van der Waals surface area contributed by atoms with E-state index >= 15 is 0 Å². The summed E-state index contributed by atoms with van der Waals surface area (Å²) in [6.45, 7) is 4.79. The predicted octanol–water partition coefficient (Wildman–Crippen LogP) is 2.60. The fraction of sp³-hybridized carbons (Fsp3) is 0.615. The lowest BCUT2D eigenvalue weighted by atomic mass is 10.0. The van der Waals surface area contributed by atoms with Gasteiger partial charge in [0.25, 0.3) is 0 Å². The standard InChI is InChI=1S/C13H21ClN2O2/c1-5-13(2,9-14)16-8-10-12(18-4)11(17-3)6-7-15-10/h6-7,16H,5,8-9H2,1-4H3. The highest BCUT2D eigenvalue weighted by Gasteiger charge is 2.21. The number of pyridine rings is 1. The lowest BCUT2D eigenvalue weighted by Crippen LogP contribution is -2.43. The lowest BCUT2D eigenvalue weighted by molar-refractivity contribution is 0.338. The van der Waals surface area contributed by atoms with Crippen LogP contribution in [-0.2, 0) is 6.54 Å². The van der Waals surface area contributed by atoms with E-state index in [1.807, 2.05) is 0 Å².